The molecule has 3 heterocycles. The molecule has 33 heavy (non-hydrogen) atoms. The van der Waals surface area contributed by atoms with Crippen molar-refractivity contribution in [1.29, 1.82) is 0 Å². The van der Waals surface area contributed by atoms with Gasteiger partial charge in [0.15, 0.2) is 5.65 Å². The third-order valence-corrected chi connectivity index (χ3v) is 8.38. The maximum atomic E-state index is 13.8. The third-order valence-electron chi connectivity index (χ3n) is 7.23. The van der Waals surface area contributed by atoms with Crippen molar-refractivity contribution in [2.45, 2.75) is 47.0 Å². The standard InChI is InChI=1S/C28H27N3OS/c1-16-9-11-17(12-10-16)24-19-7-5-6-8-20(19)25-29-26-23(27(32)31(25)30-24)21-14-13-18(28(2,3)4)15-22(21)33-26/h5-12,18H,13-15H2,1-4H3. The first kappa shape index (κ1) is 20.5. The van der Waals surface area contributed by atoms with Gasteiger partial charge in [-0.2, -0.15) is 9.61 Å². The molecule has 0 bridgehead atoms. The lowest BCUT2D eigenvalue weighted by atomic mass is 9.72. The van der Waals surface area contributed by atoms with Crippen molar-refractivity contribution in [3.63, 3.8) is 0 Å². The maximum absolute atomic E-state index is 13.8. The van der Waals surface area contributed by atoms with Crippen LogP contribution in [0.3, 0.4) is 0 Å². The van der Waals surface area contributed by atoms with Crippen LogP contribution in [0, 0.1) is 18.3 Å². The number of aromatic nitrogens is 3. The third kappa shape index (κ3) is 3.21. The quantitative estimate of drug-likeness (QED) is 0.269. The minimum absolute atomic E-state index is 0.0409. The monoisotopic (exact) mass is 453 g/mol. The van der Waals surface area contributed by atoms with Crippen molar-refractivity contribution in [2.24, 2.45) is 11.3 Å². The fourth-order valence-electron chi connectivity index (χ4n) is 5.19. The predicted molar refractivity (Wildman–Crippen MR) is 137 cm³/mol. The zero-order valence-corrected chi connectivity index (χ0v) is 20.3. The summed E-state index contributed by atoms with van der Waals surface area (Å²) in [6, 6.07) is 16.5. The van der Waals surface area contributed by atoms with Crippen molar-refractivity contribution in [1.82, 2.24) is 14.6 Å². The van der Waals surface area contributed by atoms with Gasteiger partial charge >= 0.3 is 0 Å². The van der Waals surface area contributed by atoms with Crippen LogP contribution < -0.4 is 5.56 Å². The second kappa shape index (κ2) is 7.22. The largest absolute Gasteiger partial charge is 0.283 e. The van der Waals surface area contributed by atoms with Crippen molar-refractivity contribution >= 4 is 38.0 Å². The summed E-state index contributed by atoms with van der Waals surface area (Å²) in [5.41, 5.74) is 5.09. The maximum Gasteiger partial charge on any atom is 0.283 e. The van der Waals surface area contributed by atoms with Gasteiger partial charge < -0.3 is 0 Å². The summed E-state index contributed by atoms with van der Waals surface area (Å²) in [5.74, 6) is 0.627. The minimum atomic E-state index is -0.0409. The Hall–Kier alpha value is -3.05. The van der Waals surface area contributed by atoms with E-state index in [-0.39, 0.29) is 11.0 Å². The van der Waals surface area contributed by atoms with Crippen LogP contribution in [0.25, 0.3) is 37.9 Å². The molecule has 0 fully saturated rings. The Morgan fingerprint density at radius 3 is 2.48 bits per heavy atom. The van der Waals surface area contributed by atoms with E-state index in [0.29, 0.717) is 11.6 Å². The molecule has 1 atom stereocenters. The van der Waals surface area contributed by atoms with Gasteiger partial charge in [-0.15, -0.1) is 11.3 Å². The topological polar surface area (TPSA) is 47.3 Å². The van der Waals surface area contributed by atoms with E-state index in [1.54, 1.807) is 15.9 Å². The minimum Gasteiger partial charge on any atom is -0.267 e. The van der Waals surface area contributed by atoms with Gasteiger partial charge in [0, 0.05) is 21.2 Å². The van der Waals surface area contributed by atoms with Crippen LogP contribution in [0.1, 0.15) is 43.2 Å². The molecule has 166 valence electrons. The first-order valence-corrected chi connectivity index (χ1v) is 12.5. The van der Waals surface area contributed by atoms with Gasteiger partial charge in [-0.3, -0.25) is 4.79 Å². The number of nitrogens with zero attached hydrogens (tertiary/aromatic N) is 3. The van der Waals surface area contributed by atoms with Gasteiger partial charge in [0.1, 0.15) is 4.83 Å². The molecule has 2 aromatic carbocycles. The number of fused-ring (bicyclic) bond motifs is 6. The number of rotatable bonds is 1. The molecular weight excluding hydrogens is 426 g/mol. The molecule has 0 saturated carbocycles. The number of hydrogen-bond donors (Lipinski definition) is 0. The molecule has 6 rings (SSSR count). The van der Waals surface area contributed by atoms with E-state index in [4.69, 9.17) is 10.1 Å². The molecule has 0 saturated heterocycles. The molecule has 0 spiro atoms. The van der Waals surface area contributed by atoms with Crippen LogP contribution in [-0.2, 0) is 12.8 Å². The van der Waals surface area contributed by atoms with Crippen molar-refractivity contribution in [3.05, 3.63) is 74.9 Å². The van der Waals surface area contributed by atoms with Gasteiger partial charge in [0.05, 0.1) is 11.1 Å². The molecule has 0 radical (unpaired) electrons. The van der Waals surface area contributed by atoms with E-state index in [0.717, 1.165) is 51.5 Å². The molecule has 1 aliphatic rings. The lowest BCUT2D eigenvalue weighted by molar-refractivity contribution is 0.218. The highest BCUT2D eigenvalue weighted by Gasteiger charge is 2.32. The van der Waals surface area contributed by atoms with Crippen molar-refractivity contribution in [3.8, 4) is 11.3 Å². The molecule has 5 heteroatoms. The summed E-state index contributed by atoms with van der Waals surface area (Å²) in [5, 5.41) is 7.63. The summed E-state index contributed by atoms with van der Waals surface area (Å²) in [6.07, 6.45) is 3.09. The Morgan fingerprint density at radius 2 is 1.76 bits per heavy atom. The van der Waals surface area contributed by atoms with Gasteiger partial charge in [-0.25, -0.2) is 4.98 Å². The fraction of sp³-hybridized carbons (Fsp3) is 0.321. The molecule has 0 aliphatic heterocycles. The molecule has 3 aromatic heterocycles. The predicted octanol–water partition coefficient (Wildman–Crippen LogP) is 6.58. The second-order valence-electron chi connectivity index (χ2n) is 10.4. The summed E-state index contributed by atoms with van der Waals surface area (Å²) in [6.45, 7) is 9.03. The van der Waals surface area contributed by atoms with Crippen LogP contribution in [-0.4, -0.2) is 14.6 Å². The lowest BCUT2D eigenvalue weighted by Crippen LogP contribution is -2.26. The molecule has 1 aliphatic carbocycles. The van der Waals surface area contributed by atoms with Crippen molar-refractivity contribution in [2.75, 3.05) is 0 Å². The molecule has 0 N–H and O–H groups in total. The second-order valence-corrected chi connectivity index (χ2v) is 11.5. The highest BCUT2D eigenvalue weighted by molar-refractivity contribution is 7.18. The highest BCUT2D eigenvalue weighted by Crippen LogP contribution is 2.42. The Balaban J connectivity index is 1.65. The summed E-state index contributed by atoms with van der Waals surface area (Å²) in [7, 11) is 0. The smallest absolute Gasteiger partial charge is 0.267 e. The average molecular weight is 454 g/mol. The zero-order valence-electron chi connectivity index (χ0n) is 19.5. The number of thiophene rings is 1. The first-order chi connectivity index (χ1) is 15.8. The highest BCUT2D eigenvalue weighted by atomic mass is 32.1. The Bertz CT molecular complexity index is 1600. The number of aryl methyl sites for hydroxylation is 2. The van der Waals surface area contributed by atoms with Crippen LogP contribution in [0.15, 0.2) is 53.3 Å². The first-order valence-electron chi connectivity index (χ1n) is 11.6. The van der Waals surface area contributed by atoms with E-state index in [1.807, 2.05) is 18.2 Å². The molecular formula is C28H27N3OS. The lowest BCUT2D eigenvalue weighted by Gasteiger charge is -2.33. The molecule has 1 unspecified atom stereocenters. The summed E-state index contributed by atoms with van der Waals surface area (Å²) >= 11 is 1.71. The van der Waals surface area contributed by atoms with E-state index >= 15 is 0 Å². The normalized spacial score (nSPS) is 16.5. The van der Waals surface area contributed by atoms with E-state index in [9.17, 15) is 4.79 Å². The fourth-order valence-corrected chi connectivity index (χ4v) is 6.48. The van der Waals surface area contributed by atoms with Crippen LogP contribution in [0.4, 0.5) is 0 Å². The molecule has 4 nitrogen and oxygen atoms in total. The Morgan fingerprint density at radius 1 is 1.03 bits per heavy atom. The van der Waals surface area contributed by atoms with Crippen LogP contribution in [0.5, 0.6) is 0 Å². The summed E-state index contributed by atoms with van der Waals surface area (Å²) in [4.78, 5) is 21.1. The zero-order chi connectivity index (χ0) is 22.9. The van der Waals surface area contributed by atoms with Crippen molar-refractivity contribution < 1.29 is 0 Å². The van der Waals surface area contributed by atoms with Gasteiger partial charge in [-0.1, -0.05) is 74.9 Å². The summed E-state index contributed by atoms with van der Waals surface area (Å²) < 4.78 is 1.54. The van der Waals surface area contributed by atoms with Gasteiger partial charge in [-0.05, 0) is 43.1 Å². The Labute approximate surface area is 196 Å². The van der Waals surface area contributed by atoms with Crippen LogP contribution in [0.2, 0.25) is 0 Å². The van der Waals surface area contributed by atoms with E-state index in [1.165, 1.54) is 16.0 Å². The van der Waals surface area contributed by atoms with Gasteiger partial charge in [0.25, 0.3) is 5.56 Å². The Kier molecular flexibility index (Phi) is 4.50. The average Bonchev–Trinajstić information content (AvgIpc) is 3.17. The molecule has 0 amide bonds. The van der Waals surface area contributed by atoms with E-state index in [2.05, 4.69) is 58.0 Å². The van der Waals surface area contributed by atoms with E-state index < -0.39 is 0 Å². The molecule has 5 aromatic rings. The number of benzene rings is 2. The SMILES string of the molecule is Cc1ccc(-c2nn3c(=O)c4c5c(sc4nc3c3ccccc23)CC(C(C)(C)C)CC5)cc1. The van der Waals surface area contributed by atoms with Gasteiger partial charge in [0.2, 0.25) is 0 Å². The van der Waals surface area contributed by atoms with Crippen LogP contribution >= 0.6 is 11.3 Å². The number of hydrogen-bond acceptors (Lipinski definition) is 4.